The standard InChI is InChI=1S/C13H20N2O3S.ClH/c1-10-5-6-12(18-2)13(8-10)19(16,17)15-7-3-4-11(14)9-15;/h5-6,8,11H,3-4,7,9,14H2,1-2H3;1H/t11-;/m1./s1. The lowest BCUT2D eigenvalue weighted by Gasteiger charge is -2.30. The lowest BCUT2D eigenvalue weighted by atomic mass is 10.1. The van der Waals surface area contributed by atoms with Crippen molar-refractivity contribution in [3.05, 3.63) is 23.8 Å². The molecule has 0 bridgehead atoms. The van der Waals surface area contributed by atoms with Crippen LogP contribution < -0.4 is 10.5 Å². The van der Waals surface area contributed by atoms with Crippen molar-refractivity contribution in [3.63, 3.8) is 0 Å². The van der Waals surface area contributed by atoms with Crippen LogP contribution in [0.4, 0.5) is 0 Å². The minimum Gasteiger partial charge on any atom is -0.495 e. The van der Waals surface area contributed by atoms with Crippen LogP contribution in [0.15, 0.2) is 23.1 Å². The average molecular weight is 321 g/mol. The van der Waals surface area contributed by atoms with Gasteiger partial charge in [0.1, 0.15) is 10.6 Å². The second-order valence-electron chi connectivity index (χ2n) is 4.92. The van der Waals surface area contributed by atoms with E-state index in [2.05, 4.69) is 0 Å². The van der Waals surface area contributed by atoms with Gasteiger partial charge < -0.3 is 10.5 Å². The van der Waals surface area contributed by atoms with Gasteiger partial charge in [0, 0.05) is 19.1 Å². The molecule has 2 N–H and O–H groups in total. The zero-order valence-electron chi connectivity index (χ0n) is 11.7. The van der Waals surface area contributed by atoms with Gasteiger partial charge in [-0.1, -0.05) is 6.07 Å². The molecule has 1 fully saturated rings. The summed E-state index contributed by atoms with van der Waals surface area (Å²) in [5.74, 6) is 0.379. The van der Waals surface area contributed by atoms with Crippen LogP contribution >= 0.6 is 12.4 Å². The summed E-state index contributed by atoms with van der Waals surface area (Å²) in [7, 11) is -2.05. The molecule has 0 radical (unpaired) electrons. The van der Waals surface area contributed by atoms with Crippen molar-refractivity contribution in [2.24, 2.45) is 5.73 Å². The number of benzene rings is 1. The quantitative estimate of drug-likeness (QED) is 0.917. The lowest BCUT2D eigenvalue weighted by Crippen LogP contribution is -2.45. The third kappa shape index (κ3) is 3.44. The van der Waals surface area contributed by atoms with E-state index in [1.165, 1.54) is 11.4 Å². The number of ether oxygens (including phenoxy) is 1. The Bertz CT molecular complexity index is 563. The molecule has 1 atom stereocenters. The summed E-state index contributed by atoms with van der Waals surface area (Å²) in [5.41, 5.74) is 6.75. The molecule has 20 heavy (non-hydrogen) atoms. The van der Waals surface area contributed by atoms with Crippen molar-refractivity contribution in [1.29, 1.82) is 0 Å². The molecule has 0 unspecified atom stereocenters. The van der Waals surface area contributed by atoms with E-state index in [1.807, 2.05) is 13.0 Å². The minimum absolute atomic E-state index is 0. The Labute approximate surface area is 126 Å². The van der Waals surface area contributed by atoms with Gasteiger partial charge in [-0.2, -0.15) is 4.31 Å². The SMILES string of the molecule is COc1ccc(C)cc1S(=O)(=O)N1CCC[C@@H](N)C1.Cl. The number of aryl methyl sites for hydroxylation is 1. The molecule has 1 aromatic rings. The van der Waals surface area contributed by atoms with Crippen LogP contribution in [0.3, 0.4) is 0 Å². The van der Waals surface area contributed by atoms with Crippen LogP contribution in [0.2, 0.25) is 0 Å². The second-order valence-corrected chi connectivity index (χ2v) is 6.83. The van der Waals surface area contributed by atoms with Gasteiger partial charge in [0.25, 0.3) is 0 Å². The van der Waals surface area contributed by atoms with Crippen LogP contribution in [0.25, 0.3) is 0 Å². The lowest BCUT2D eigenvalue weighted by molar-refractivity contribution is 0.314. The zero-order valence-corrected chi connectivity index (χ0v) is 13.3. The topological polar surface area (TPSA) is 72.6 Å². The maximum atomic E-state index is 12.7. The Balaban J connectivity index is 0.00000200. The Morgan fingerprint density at radius 3 is 2.70 bits per heavy atom. The van der Waals surface area contributed by atoms with E-state index in [0.29, 0.717) is 18.8 Å². The Morgan fingerprint density at radius 2 is 2.10 bits per heavy atom. The number of piperidine rings is 1. The van der Waals surface area contributed by atoms with Crippen LogP contribution in [-0.4, -0.2) is 39.0 Å². The van der Waals surface area contributed by atoms with Crippen molar-refractivity contribution < 1.29 is 13.2 Å². The summed E-state index contributed by atoms with van der Waals surface area (Å²) in [6, 6.07) is 5.08. The highest BCUT2D eigenvalue weighted by atomic mass is 35.5. The maximum Gasteiger partial charge on any atom is 0.246 e. The van der Waals surface area contributed by atoms with Gasteiger partial charge in [0.15, 0.2) is 0 Å². The van der Waals surface area contributed by atoms with E-state index in [1.54, 1.807) is 12.1 Å². The first kappa shape index (κ1) is 17.2. The van der Waals surface area contributed by atoms with Crippen molar-refractivity contribution in [2.45, 2.75) is 30.7 Å². The second kappa shape index (κ2) is 6.76. The van der Waals surface area contributed by atoms with Gasteiger partial charge in [0.2, 0.25) is 10.0 Å². The predicted octanol–water partition coefficient (Wildman–Crippen LogP) is 1.54. The smallest absolute Gasteiger partial charge is 0.246 e. The summed E-state index contributed by atoms with van der Waals surface area (Å²) in [6.45, 7) is 2.76. The molecule has 0 spiro atoms. The van der Waals surface area contributed by atoms with Crippen LogP contribution in [0.5, 0.6) is 5.75 Å². The fourth-order valence-corrected chi connectivity index (χ4v) is 4.09. The molecule has 0 aromatic heterocycles. The molecule has 1 heterocycles. The number of nitrogens with zero attached hydrogens (tertiary/aromatic N) is 1. The molecule has 1 saturated heterocycles. The van der Waals surface area contributed by atoms with Crippen LogP contribution in [-0.2, 0) is 10.0 Å². The normalized spacial score (nSPS) is 20.2. The van der Waals surface area contributed by atoms with E-state index in [4.69, 9.17) is 10.5 Å². The molecule has 0 saturated carbocycles. The highest BCUT2D eigenvalue weighted by Crippen LogP contribution is 2.29. The van der Waals surface area contributed by atoms with Gasteiger partial charge in [-0.3, -0.25) is 0 Å². The first-order valence-electron chi connectivity index (χ1n) is 6.35. The number of halogens is 1. The minimum atomic E-state index is -3.53. The molecular formula is C13H21ClN2O3S. The van der Waals surface area contributed by atoms with Crippen molar-refractivity contribution >= 4 is 22.4 Å². The van der Waals surface area contributed by atoms with E-state index in [0.717, 1.165) is 18.4 Å². The maximum absolute atomic E-state index is 12.7. The monoisotopic (exact) mass is 320 g/mol. The number of hydrogen-bond donors (Lipinski definition) is 1. The highest BCUT2D eigenvalue weighted by Gasteiger charge is 2.31. The molecule has 0 aliphatic carbocycles. The highest BCUT2D eigenvalue weighted by molar-refractivity contribution is 7.89. The number of nitrogens with two attached hydrogens (primary N) is 1. The van der Waals surface area contributed by atoms with E-state index >= 15 is 0 Å². The van der Waals surface area contributed by atoms with Gasteiger partial charge in [-0.25, -0.2) is 8.42 Å². The molecule has 114 valence electrons. The Hall–Kier alpha value is -0.820. The van der Waals surface area contributed by atoms with Crippen LogP contribution in [0, 0.1) is 6.92 Å². The van der Waals surface area contributed by atoms with E-state index < -0.39 is 10.0 Å². The summed E-state index contributed by atoms with van der Waals surface area (Å²) < 4.78 is 31.9. The number of sulfonamides is 1. The fraction of sp³-hybridized carbons (Fsp3) is 0.538. The van der Waals surface area contributed by atoms with E-state index in [-0.39, 0.29) is 23.3 Å². The molecule has 7 heteroatoms. The number of hydrogen-bond acceptors (Lipinski definition) is 4. The summed E-state index contributed by atoms with van der Waals surface area (Å²) in [5, 5.41) is 0. The van der Waals surface area contributed by atoms with Gasteiger partial charge >= 0.3 is 0 Å². The van der Waals surface area contributed by atoms with Gasteiger partial charge in [-0.05, 0) is 37.5 Å². The van der Waals surface area contributed by atoms with Crippen LogP contribution in [0.1, 0.15) is 18.4 Å². The summed E-state index contributed by atoms with van der Waals surface area (Å²) in [4.78, 5) is 0.226. The molecule has 1 aliphatic rings. The third-order valence-corrected chi connectivity index (χ3v) is 5.24. The first-order valence-corrected chi connectivity index (χ1v) is 7.79. The number of rotatable bonds is 3. The van der Waals surface area contributed by atoms with Gasteiger partial charge in [-0.15, -0.1) is 12.4 Å². The Morgan fingerprint density at radius 1 is 1.40 bits per heavy atom. The van der Waals surface area contributed by atoms with Crippen molar-refractivity contribution in [3.8, 4) is 5.75 Å². The molecule has 1 aromatic carbocycles. The van der Waals surface area contributed by atoms with E-state index in [9.17, 15) is 8.42 Å². The third-order valence-electron chi connectivity index (χ3n) is 3.36. The Kier molecular flexibility index (Phi) is 5.82. The molecule has 2 rings (SSSR count). The first-order chi connectivity index (χ1) is 8.95. The molecule has 5 nitrogen and oxygen atoms in total. The molecule has 1 aliphatic heterocycles. The average Bonchev–Trinajstić information content (AvgIpc) is 2.38. The van der Waals surface area contributed by atoms with Gasteiger partial charge in [0.05, 0.1) is 7.11 Å². The molecule has 0 amide bonds. The number of methoxy groups -OCH3 is 1. The molecular weight excluding hydrogens is 300 g/mol. The fourth-order valence-electron chi connectivity index (χ4n) is 2.32. The van der Waals surface area contributed by atoms with Crippen molar-refractivity contribution in [2.75, 3.05) is 20.2 Å². The van der Waals surface area contributed by atoms with Crippen molar-refractivity contribution in [1.82, 2.24) is 4.31 Å². The summed E-state index contributed by atoms with van der Waals surface area (Å²) >= 11 is 0. The predicted molar refractivity (Wildman–Crippen MR) is 80.9 cm³/mol. The summed E-state index contributed by atoms with van der Waals surface area (Å²) in [6.07, 6.45) is 1.67. The largest absolute Gasteiger partial charge is 0.495 e. The zero-order chi connectivity index (χ0) is 14.0.